The van der Waals surface area contributed by atoms with Crippen LogP contribution in [0.4, 0.5) is 0 Å². The van der Waals surface area contributed by atoms with Crippen molar-refractivity contribution in [3.8, 4) is 23.3 Å². The minimum absolute atomic E-state index is 0.210. The number of methoxy groups -OCH3 is 3. The van der Waals surface area contributed by atoms with Crippen LogP contribution in [0, 0.1) is 11.3 Å². The number of carbonyl (C=O) groups excluding carboxylic acids is 1. The molecule has 0 heterocycles. The van der Waals surface area contributed by atoms with Crippen molar-refractivity contribution in [2.75, 3.05) is 21.3 Å². The summed E-state index contributed by atoms with van der Waals surface area (Å²) in [6.45, 7) is 0. The molecular formula is C19H21N3O4. The van der Waals surface area contributed by atoms with Crippen molar-refractivity contribution in [2.45, 2.75) is 12.5 Å². The molecule has 136 valence electrons. The topological polar surface area (TPSA) is 92.6 Å². The first-order chi connectivity index (χ1) is 12.6. The number of hydrazine groups is 1. The van der Waals surface area contributed by atoms with Gasteiger partial charge in [0.25, 0.3) is 0 Å². The van der Waals surface area contributed by atoms with Crippen molar-refractivity contribution in [3.63, 3.8) is 0 Å². The van der Waals surface area contributed by atoms with Crippen molar-refractivity contribution >= 4 is 5.91 Å². The molecule has 0 spiro atoms. The fraction of sp³-hybridized carbons (Fsp3) is 0.263. The molecular weight excluding hydrogens is 334 g/mol. The van der Waals surface area contributed by atoms with Gasteiger partial charge in [-0.25, -0.2) is 5.43 Å². The summed E-state index contributed by atoms with van der Waals surface area (Å²) < 4.78 is 15.8. The summed E-state index contributed by atoms with van der Waals surface area (Å²) in [6, 6.07) is 14.0. The van der Waals surface area contributed by atoms with E-state index >= 15 is 0 Å². The standard InChI is InChI=1S/C19H21N3O4/c1-24-16-10-14(11-17(25-2)19(16)26-3)15(12-20)21-22-18(23)9-13-7-5-4-6-8-13/h4-8,10-11,15,21H,9H2,1-3H3,(H,22,23)/t15-/m0/s1. The Hall–Kier alpha value is -3.24. The zero-order valence-electron chi connectivity index (χ0n) is 14.9. The van der Waals surface area contributed by atoms with Crippen LogP contribution < -0.4 is 25.1 Å². The summed E-state index contributed by atoms with van der Waals surface area (Å²) in [4.78, 5) is 12.1. The molecule has 0 saturated carbocycles. The number of nitrogens with one attached hydrogen (secondary N) is 2. The molecule has 2 N–H and O–H groups in total. The highest BCUT2D eigenvalue weighted by Crippen LogP contribution is 2.39. The molecule has 26 heavy (non-hydrogen) atoms. The summed E-state index contributed by atoms with van der Waals surface area (Å²) in [5.41, 5.74) is 6.75. The molecule has 2 aromatic carbocycles. The number of benzene rings is 2. The Bertz CT molecular complexity index is 762. The predicted molar refractivity (Wildman–Crippen MR) is 95.9 cm³/mol. The van der Waals surface area contributed by atoms with E-state index in [0.29, 0.717) is 22.8 Å². The van der Waals surface area contributed by atoms with Gasteiger partial charge in [0.1, 0.15) is 6.04 Å². The number of rotatable bonds is 8. The number of nitriles is 1. The second-order valence-electron chi connectivity index (χ2n) is 5.38. The lowest BCUT2D eigenvalue weighted by atomic mass is 10.1. The van der Waals surface area contributed by atoms with E-state index in [1.165, 1.54) is 21.3 Å². The molecule has 0 bridgehead atoms. The predicted octanol–water partition coefficient (Wildman–Crippen LogP) is 2.14. The number of hydrogen-bond donors (Lipinski definition) is 2. The van der Waals surface area contributed by atoms with Gasteiger partial charge < -0.3 is 14.2 Å². The van der Waals surface area contributed by atoms with E-state index in [1.807, 2.05) is 30.3 Å². The zero-order valence-corrected chi connectivity index (χ0v) is 14.9. The highest BCUT2D eigenvalue weighted by molar-refractivity contribution is 5.78. The fourth-order valence-corrected chi connectivity index (χ4v) is 2.44. The normalized spacial score (nSPS) is 11.2. The molecule has 2 aromatic rings. The monoisotopic (exact) mass is 355 g/mol. The van der Waals surface area contributed by atoms with Gasteiger partial charge in [-0.05, 0) is 23.3 Å². The second kappa shape index (κ2) is 9.30. The molecule has 7 nitrogen and oxygen atoms in total. The van der Waals surface area contributed by atoms with Crippen molar-refractivity contribution in [1.82, 2.24) is 10.9 Å². The van der Waals surface area contributed by atoms with Crippen LogP contribution in [-0.4, -0.2) is 27.2 Å². The van der Waals surface area contributed by atoms with Gasteiger partial charge in [-0.15, -0.1) is 0 Å². The number of amides is 1. The molecule has 0 aliphatic heterocycles. The first kappa shape index (κ1) is 19.1. The van der Waals surface area contributed by atoms with E-state index in [9.17, 15) is 10.1 Å². The van der Waals surface area contributed by atoms with E-state index in [4.69, 9.17) is 14.2 Å². The Morgan fingerprint density at radius 1 is 1.08 bits per heavy atom. The number of ether oxygens (including phenoxy) is 3. The minimum atomic E-state index is -0.788. The van der Waals surface area contributed by atoms with Gasteiger partial charge in [0, 0.05) is 0 Å². The Balaban J connectivity index is 2.11. The lowest BCUT2D eigenvalue weighted by Crippen LogP contribution is -2.40. The van der Waals surface area contributed by atoms with E-state index in [0.717, 1.165) is 5.56 Å². The van der Waals surface area contributed by atoms with Crippen LogP contribution in [0.3, 0.4) is 0 Å². The first-order valence-electron chi connectivity index (χ1n) is 7.90. The Labute approximate surface area is 152 Å². The van der Waals surface area contributed by atoms with Crippen LogP contribution in [0.15, 0.2) is 42.5 Å². The van der Waals surface area contributed by atoms with Crippen LogP contribution in [0.2, 0.25) is 0 Å². The summed E-state index contributed by atoms with van der Waals surface area (Å²) in [5.74, 6) is 1.05. The van der Waals surface area contributed by atoms with Crippen LogP contribution in [-0.2, 0) is 11.2 Å². The lowest BCUT2D eigenvalue weighted by Gasteiger charge is -2.17. The van der Waals surface area contributed by atoms with Crippen molar-refractivity contribution in [2.24, 2.45) is 0 Å². The third-order valence-electron chi connectivity index (χ3n) is 3.71. The van der Waals surface area contributed by atoms with Gasteiger partial charge in [0.15, 0.2) is 11.5 Å². The average molecular weight is 355 g/mol. The summed E-state index contributed by atoms with van der Waals surface area (Å²) in [6.07, 6.45) is 0.210. The molecule has 1 amide bonds. The highest BCUT2D eigenvalue weighted by Gasteiger charge is 2.19. The van der Waals surface area contributed by atoms with E-state index in [-0.39, 0.29) is 12.3 Å². The third-order valence-corrected chi connectivity index (χ3v) is 3.71. The smallest absolute Gasteiger partial charge is 0.238 e. The molecule has 7 heteroatoms. The highest BCUT2D eigenvalue weighted by atomic mass is 16.5. The molecule has 2 rings (SSSR count). The van der Waals surface area contributed by atoms with E-state index in [2.05, 4.69) is 16.9 Å². The summed E-state index contributed by atoms with van der Waals surface area (Å²) >= 11 is 0. The number of carbonyl (C=O) groups is 1. The third kappa shape index (κ3) is 4.65. The molecule has 0 fully saturated rings. The molecule has 1 atom stereocenters. The van der Waals surface area contributed by atoms with Crippen LogP contribution in [0.1, 0.15) is 17.2 Å². The largest absolute Gasteiger partial charge is 0.493 e. The van der Waals surface area contributed by atoms with Gasteiger partial charge in [0.2, 0.25) is 11.7 Å². The Morgan fingerprint density at radius 3 is 2.19 bits per heavy atom. The van der Waals surface area contributed by atoms with Gasteiger partial charge in [0.05, 0.1) is 33.8 Å². The van der Waals surface area contributed by atoms with Crippen molar-refractivity contribution in [3.05, 3.63) is 53.6 Å². The minimum Gasteiger partial charge on any atom is -0.493 e. The second-order valence-corrected chi connectivity index (χ2v) is 5.38. The molecule has 0 radical (unpaired) electrons. The maximum absolute atomic E-state index is 12.1. The van der Waals surface area contributed by atoms with Crippen molar-refractivity contribution < 1.29 is 19.0 Å². The van der Waals surface area contributed by atoms with Gasteiger partial charge in [-0.3, -0.25) is 10.2 Å². The maximum atomic E-state index is 12.1. The van der Waals surface area contributed by atoms with E-state index < -0.39 is 6.04 Å². The van der Waals surface area contributed by atoms with Gasteiger partial charge in [-0.2, -0.15) is 5.26 Å². The number of nitrogens with zero attached hydrogens (tertiary/aromatic N) is 1. The molecule has 0 saturated heterocycles. The quantitative estimate of drug-likeness (QED) is 0.705. The van der Waals surface area contributed by atoms with E-state index in [1.54, 1.807) is 12.1 Å². The molecule has 0 aliphatic carbocycles. The van der Waals surface area contributed by atoms with Gasteiger partial charge >= 0.3 is 0 Å². The van der Waals surface area contributed by atoms with Gasteiger partial charge in [-0.1, -0.05) is 30.3 Å². The van der Waals surface area contributed by atoms with Crippen molar-refractivity contribution in [1.29, 1.82) is 5.26 Å². The molecule has 0 aromatic heterocycles. The fourth-order valence-electron chi connectivity index (χ4n) is 2.44. The molecule has 0 unspecified atom stereocenters. The number of hydrogen-bond acceptors (Lipinski definition) is 6. The zero-order chi connectivity index (χ0) is 18.9. The Kier molecular flexibility index (Phi) is 6.83. The molecule has 0 aliphatic rings. The maximum Gasteiger partial charge on any atom is 0.238 e. The summed E-state index contributed by atoms with van der Waals surface area (Å²) in [5, 5.41) is 9.46. The van der Waals surface area contributed by atoms with Crippen LogP contribution >= 0.6 is 0 Å². The average Bonchev–Trinajstić information content (AvgIpc) is 2.68. The van der Waals surface area contributed by atoms with Crippen LogP contribution in [0.25, 0.3) is 0 Å². The lowest BCUT2D eigenvalue weighted by molar-refractivity contribution is -0.121. The Morgan fingerprint density at radius 2 is 1.69 bits per heavy atom. The SMILES string of the molecule is COc1cc([C@H](C#N)NNC(=O)Cc2ccccc2)cc(OC)c1OC. The first-order valence-corrected chi connectivity index (χ1v) is 7.90. The van der Waals surface area contributed by atoms with Crippen LogP contribution in [0.5, 0.6) is 17.2 Å². The summed E-state index contributed by atoms with van der Waals surface area (Å²) in [7, 11) is 4.50.